The standard InChI is InChI=1S/C21H39N7O7S/c1-11(2)9-14(27-17(31)12(22)5-4-7-25-21(23)24)18(32)28-15(10-16(29)30)19(33)26-13(20(34)35)6-8-36-3/h11-15H,4-10,22H2,1-3H3,(H,26,33)(H,27,31)(H,28,32)(H,29,30)(H,34,35)(H4,23,24,25). The Bertz CT molecular complexity index is 791. The van der Waals surface area contributed by atoms with Crippen LogP contribution in [0.1, 0.15) is 46.0 Å². The highest BCUT2D eigenvalue weighted by Crippen LogP contribution is 2.08. The lowest BCUT2D eigenvalue weighted by molar-refractivity contribution is -0.143. The van der Waals surface area contributed by atoms with Crippen LogP contribution in [0.15, 0.2) is 4.99 Å². The molecule has 0 fully saturated rings. The van der Waals surface area contributed by atoms with E-state index in [1.54, 1.807) is 6.26 Å². The first kappa shape index (κ1) is 32.9. The fourth-order valence-corrected chi connectivity index (χ4v) is 3.53. The lowest BCUT2D eigenvalue weighted by atomic mass is 10.0. The Morgan fingerprint density at radius 1 is 0.889 bits per heavy atom. The Balaban J connectivity index is 5.39. The predicted octanol–water partition coefficient (Wildman–Crippen LogP) is -1.82. The highest BCUT2D eigenvalue weighted by Gasteiger charge is 2.31. The van der Waals surface area contributed by atoms with Crippen molar-refractivity contribution in [2.45, 2.75) is 70.1 Å². The van der Waals surface area contributed by atoms with Gasteiger partial charge in [0.25, 0.3) is 0 Å². The number of thioether (sulfide) groups is 1. The molecule has 0 saturated carbocycles. The normalized spacial score (nSPS) is 14.1. The number of aliphatic carboxylic acids is 2. The number of nitrogens with two attached hydrogens (primary N) is 3. The average molecular weight is 534 g/mol. The van der Waals surface area contributed by atoms with Crippen LogP contribution in [0.4, 0.5) is 0 Å². The number of nitrogens with zero attached hydrogens (tertiary/aromatic N) is 1. The minimum atomic E-state index is -1.55. The molecule has 0 heterocycles. The van der Waals surface area contributed by atoms with Crippen molar-refractivity contribution >= 4 is 47.4 Å². The van der Waals surface area contributed by atoms with Crippen molar-refractivity contribution in [1.29, 1.82) is 0 Å². The van der Waals surface area contributed by atoms with Crippen LogP contribution < -0.4 is 33.2 Å². The van der Waals surface area contributed by atoms with E-state index in [0.29, 0.717) is 12.2 Å². The summed E-state index contributed by atoms with van der Waals surface area (Å²) in [7, 11) is 0. The van der Waals surface area contributed by atoms with E-state index in [1.807, 2.05) is 13.8 Å². The average Bonchev–Trinajstić information content (AvgIpc) is 2.77. The molecule has 4 unspecified atom stereocenters. The molecule has 0 rings (SSSR count). The van der Waals surface area contributed by atoms with E-state index in [9.17, 15) is 34.2 Å². The van der Waals surface area contributed by atoms with Crippen molar-refractivity contribution in [1.82, 2.24) is 16.0 Å². The van der Waals surface area contributed by atoms with Gasteiger partial charge >= 0.3 is 11.9 Å². The van der Waals surface area contributed by atoms with E-state index in [-0.39, 0.29) is 37.7 Å². The number of guanidine groups is 1. The Morgan fingerprint density at radius 3 is 1.94 bits per heavy atom. The number of nitrogens with one attached hydrogen (secondary N) is 3. The fraction of sp³-hybridized carbons (Fsp3) is 0.714. The second kappa shape index (κ2) is 17.4. The molecule has 4 atom stereocenters. The SMILES string of the molecule is CSCCC(NC(=O)C(CC(=O)O)NC(=O)C(CC(C)C)NC(=O)C(N)CCCN=C(N)N)C(=O)O. The first-order valence-corrected chi connectivity index (χ1v) is 12.8. The van der Waals surface area contributed by atoms with Gasteiger partial charge in [0.1, 0.15) is 18.1 Å². The van der Waals surface area contributed by atoms with Gasteiger partial charge in [-0.1, -0.05) is 13.8 Å². The number of aliphatic imine (C=N–C) groups is 1. The number of carbonyl (C=O) groups excluding carboxylic acids is 3. The third kappa shape index (κ3) is 14.4. The summed E-state index contributed by atoms with van der Waals surface area (Å²) < 4.78 is 0. The number of carboxylic acids is 2. The van der Waals surface area contributed by atoms with E-state index in [4.69, 9.17) is 17.2 Å². The highest BCUT2D eigenvalue weighted by molar-refractivity contribution is 7.98. The molecule has 0 radical (unpaired) electrons. The van der Waals surface area contributed by atoms with Crippen LogP contribution in [0.5, 0.6) is 0 Å². The number of carbonyl (C=O) groups is 5. The zero-order valence-corrected chi connectivity index (χ0v) is 21.7. The van der Waals surface area contributed by atoms with Crippen LogP contribution in [-0.2, 0) is 24.0 Å². The molecule has 0 saturated heterocycles. The molecule has 0 bridgehead atoms. The van der Waals surface area contributed by atoms with Crippen LogP contribution in [0.3, 0.4) is 0 Å². The largest absolute Gasteiger partial charge is 0.481 e. The van der Waals surface area contributed by atoms with E-state index >= 15 is 0 Å². The maximum absolute atomic E-state index is 13.0. The quantitative estimate of drug-likeness (QED) is 0.0553. The van der Waals surface area contributed by atoms with Crippen molar-refractivity contribution in [3.63, 3.8) is 0 Å². The molecule has 0 aliphatic carbocycles. The molecule has 0 aliphatic rings. The van der Waals surface area contributed by atoms with Gasteiger partial charge in [-0.2, -0.15) is 11.8 Å². The molecule has 206 valence electrons. The van der Waals surface area contributed by atoms with Gasteiger partial charge in [-0.05, 0) is 43.6 Å². The van der Waals surface area contributed by atoms with E-state index in [0.717, 1.165) is 0 Å². The third-order valence-corrected chi connectivity index (χ3v) is 5.53. The Morgan fingerprint density at radius 2 is 1.44 bits per heavy atom. The summed E-state index contributed by atoms with van der Waals surface area (Å²) in [5, 5.41) is 25.7. The number of amides is 3. The minimum Gasteiger partial charge on any atom is -0.481 e. The van der Waals surface area contributed by atoms with Gasteiger partial charge in [0, 0.05) is 6.54 Å². The number of rotatable bonds is 18. The monoisotopic (exact) mass is 533 g/mol. The topological polar surface area (TPSA) is 252 Å². The van der Waals surface area contributed by atoms with Crippen molar-refractivity contribution < 1.29 is 34.2 Å². The van der Waals surface area contributed by atoms with E-state index in [1.165, 1.54) is 11.8 Å². The van der Waals surface area contributed by atoms with Gasteiger partial charge in [-0.15, -0.1) is 0 Å². The van der Waals surface area contributed by atoms with Gasteiger partial charge in [0.05, 0.1) is 12.5 Å². The summed E-state index contributed by atoms with van der Waals surface area (Å²) in [6.45, 7) is 3.90. The molecule has 0 aliphatic heterocycles. The van der Waals surface area contributed by atoms with Crippen molar-refractivity contribution in [3.05, 3.63) is 0 Å². The van der Waals surface area contributed by atoms with Crippen LogP contribution in [0.25, 0.3) is 0 Å². The zero-order valence-electron chi connectivity index (χ0n) is 20.9. The van der Waals surface area contributed by atoms with Crippen LogP contribution in [-0.4, -0.2) is 88.6 Å². The fourth-order valence-electron chi connectivity index (χ4n) is 3.05. The molecule has 11 N–H and O–H groups in total. The summed E-state index contributed by atoms with van der Waals surface area (Å²) in [5.41, 5.74) is 16.4. The van der Waals surface area contributed by atoms with Crippen molar-refractivity contribution in [2.24, 2.45) is 28.1 Å². The molecule has 36 heavy (non-hydrogen) atoms. The first-order chi connectivity index (χ1) is 16.8. The van der Waals surface area contributed by atoms with E-state index in [2.05, 4.69) is 20.9 Å². The molecular formula is C21H39N7O7S. The van der Waals surface area contributed by atoms with Gasteiger partial charge in [-0.3, -0.25) is 24.2 Å². The second-order valence-corrected chi connectivity index (χ2v) is 9.57. The number of hydrogen-bond donors (Lipinski definition) is 8. The summed E-state index contributed by atoms with van der Waals surface area (Å²) in [6.07, 6.45) is 1.96. The molecular weight excluding hydrogens is 494 g/mol. The number of carboxylic acid groups (broad SMARTS) is 2. The van der Waals surface area contributed by atoms with E-state index < -0.39 is 60.2 Å². The van der Waals surface area contributed by atoms with Gasteiger partial charge in [0.2, 0.25) is 17.7 Å². The van der Waals surface area contributed by atoms with Gasteiger partial charge in [-0.25, -0.2) is 4.79 Å². The summed E-state index contributed by atoms with van der Waals surface area (Å²) in [6, 6.07) is -4.85. The maximum atomic E-state index is 13.0. The molecule has 0 aromatic heterocycles. The molecule has 15 heteroatoms. The third-order valence-electron chi connectivity index (χ3n) is 4.88. The summed E-state index contributed by atoms with van der Waals surface area (Å²) in [4.78, 5) is 64.7. The van der Waals surface area contributed by atoms with Gasteiger partial charge < -0.3 is 43.4 Å². The minimum absolute atomic E-state index is 0.0474. The Labute approximate surface area is 214 Å². The van der Waals surface area contributed by atoms with Crippen molar-refractivity contribution in [2.75, 3.05) is 18.6 Å². The smallest absolute Gasteiger partial charge is 0.326 e. The van der Waals surface area contributed by atoms with Crippen molar-refractivity contribution in [3.8, 4) is 0 Å². The molecule has 14 nitrogen and oxygen atoms in total. The maximum Gasteiger partial charge on any atom is 0.326 e. The predicted molar refractivity (Wildman–Crippen MR) is 136 cm³/mol. The second-order valence-electron chi connectivity index (χ2n) is 8.59. The van der Waals surface area contributed by atoms with Gasteiger partial charge in [0.15, 0.2) is 5.96 Å². The van der Waals surface area contributed by atoms with Crippen LogP contribution in [0, 0.1) is 5.92 Å². The first-order valence-electron chi connectivity index (χ1n) is 11.4. The molecule has 0 spiro atoms. The highest BCUT2D eigenvalue weighted by atomic mass is 32.2. The number of hydrogen-bond acceptors (Lipinski definition) is 8. The molecule has 0 aromatic carbocycles. The van der Waals surface area contributed by atoms with Crippen LogP contribution >= 0.6 is 11.8 Å². The lowest BCUT2D eigenvalue weighted by Gasteiger charge is -2.25. The summed E-state index contributed by atoms with van der Waals surface area (Å²) >= 11 is 1.38. The molecule has 3 amide bonds. The Kier molecular flexibility index (Phi) is 15.9. The zero-order chi connectivity index (χ0) is 27.8. The van der Waals surface area contributed by atoms with Crippen LogP contribution in [0.2, 0.25) is 0 Å². The summed E-state index contributed by atoms with van der Waals surface area (Å²) in [5.74, 6) is -4.69. The lowest BCUT2D eigenvalue weighted by Crippen LogP contribution is -2.57. The molecule has 0 aromatic rings. The Hall–Kier alpha value is -3.07.